The second-order valence-electron chi connectivity index (χ2n) is 5.75. The van der Waals surface area contributed by atoms with E-state index in [2.05, 4.69) is 25.3 Å². The predicted octanol–water partition coefficient (Wildman–Crippen LogP) is 2.04. The fourth-order valence-electron chi connectivity index (χ4n) is 2.86. The smallest absolute Gasteiger partial charge is 0.219 e. The molecule has 23 heavy (non-hydrogen) atoms. The van der Waals surface area contributed by atoms with Crippen LogP contribution in [-0.2, 0) is 4.79 Å². The van der Waals surface area contributed by atoms with E-state index in [0.29, 0.717) is 17.5 Å². The summed E-state index contributed by atoms with van der Waals surface area (Å²) < 4.78 is 0. The average Bonchev–Trinajstić information content (AvgIpc) is 2.55. The lowest BCUT2D eigenvalue weighted by molar-refractivity contribution is -0.130. The molecule has 2 aromatic heterocycles. The standard InChI is InChI=1S/C16H20N6O/c1-11-19-14(13-4-3-7-22(10-13)12(2)23)8-15(20-11)21-16-9-17-5-6-18-16/h5-6,8-9,13H,3-4,7,10H2,1-2H3,(H,18,19,20,21)/t13-/m1/s1. The number of likely N-dealkylation sites (tertiary alicyclic amines) is 1. The van der Waals surface area contributed by atoms with Gasteiger partial charge >= 0.3 is 0 Å². The van der Waals surface area contributed by atoms with Crippen molar-refractivity contribution in [3.05, 3.63) is 36.2 Å². The van der Waals surface area contributed by atoms with Gasteiger partial charge in [-0.3, -0.25) is 9.78 Å². The van der Waals surface area contributed by atoms with Crippen molar-refractivity contribution in [2.45, 2.75) is 32.6 Å². The number of hydrogen-bond donors (Lipinski definition) is 1. The SMILES string of the molecule is CC(=O)N1CCC[C@@H](c2cc(Nc3cnccn3)nc(C)n2)C1. The van der Waals surface area contributed by atoms with Crippen molar-refractivity contribution in [1.82, 2.24) is 24.8 Å². The Morgan fingerprint density at radius 2 is 2.17 bits per heavy atom. The third-order valence-corrected chi connectivity index (χ3v) is 3.96. The number of nitrogens with one attached hydrogen (secondary N) is 1. The Balaban J connectivity index is 1.81. The Hall–Kier alpha value is -2.57. The van der Waals surface area contributed by atoms with Gasteiger partial charge in [0.1, 0.15) is 17.5 Å². The van der Waals surface area contributed by atoms with E-state index in [9.17, 15) is 4.79 Å². The minimum atomic E-state index is 0.124. The zero-order chi connectivity index (χ0) is 16.2. The number of piperidine rings is 1. The van der Waals surface area contributed by atoms with Gasteiger partial charge in [-0.2, -0.15) is 0 Å². The maximum atomic E-state index is 11.6. The normalized spacial score (nSPS) is 17.8. The lowest BCUT2D eigenvalue weighted by atomic mass is 9.94. The fourth-order valence-corrected chi connectivity index (χ4v) is 2.86. The lowest BCUT2D eigenvalue weighted by Gasteiger charge is -2.31. The molecule has 3 rings (SSSR count). The molecule has 1 N–H and O–H groups in total. The summed E-state index contributed by atoms with van der Waals surface area (Å²) in [5.74, 6) is 2.42. The molecular formula is C16H20N6O. The van der Waals surface area contributed by atoms with E-state index in [4.69, 9.17) is 0 Å². The Bertz CT molecular complexity index is 690. The van der Waals surface area contributed by atoms with E-state index in [0.717, 1.165) is 31.6 Å². The molecule has 0 unspecified atom stereocenters. The topological polar surface area (TPSA) is 83.9 Å². The highest BCUT2D eigenvalue weighted by Crippen LogP contribution is 2.27. The van der Waals surface area contributed by atoms with Crippen molar-refractivity contribution in [2.24, 2.45) is 0 Å². The zero-order valence-corrected chi connectivity index (χ0v) is 13.4. The maximum Gasteiger partial charge on any atom is 0.219 e. The minimum Gasteiger partial charge on any atom is -0.342 e. The van der Waals surface area contributed by atoms with Crippen molar-refractivity contribution in [3.63, 3.8) is 0 Å². The molecule has 0 radical (unpaired) electrons. The van der Waals surface area contributed by atoms with Gasteiger partial charge in [-0.05, 0) is 19.8 Å². The van der Waals surface area contributed by atoms with Gasteiger partial charge < -0.3 is 10.2 Å². The van der Waals surface area contributed by atoms with Gasteiger partial charge in [-0.15, -0.1) is 0 Å². The largest absolute Gasteiger partial charge is 0.342 e. The monoisotopic (exact) mass is 312 g/mol. The molecule has 3 heterocycles. The van der Waals surface area contributed by atoms with Crippen LogP contribution in [0.1, 0.15) is 37.2 Å². The molecule has 120 valence electrons. The van der Waals surface area contributed by atoms with E-state index >= 15 is 0 Å². The zero-order valence-electron chi connectivity index (χ0n) is 13.4. The number of amides is 1. The van der Waals surface area contributed by atoms with E-state index in [-0.39, 0.29) is 11.8 Å². The second-order valence-corrected chi connectivity index (χ2v) is 5.75. The Morgan fingerprint density at radius 3 is 2.91 bits per heavy atom. The number of rotatable bonds is 3. The molecule has 1 fully saturated rings. The molecule has 0 aliphatic carbocycles. The minimum absolute atomic E-state index is 0.124. The van der Waals surface area contributed by atoms with Crippen molar-refractivity contribution < 1.29 is 4.79 Å². The maximum absolute atomic E-state index is 11.6. The molecule has 2 aromatic rings. The summed E-state index contributed by atoms with van der Waals surface area (Å²) in [4.78, 5) is 30.7. The third-order valence-electron chi connectivity index (χ3n) is 3.96. The van der Waals surface area contributed by atoms with Gasteiger partial charge in [0, 0.05) is 44.4 Å². The number of anilines is 2. The van der Waals surface area contributed by atoms with Crippen molar-refractivity contribution in [2.75, 3.05) is 18.4 Å². The van der Waals surface area contributed by atoms with Crippen LogP contribution in [0.4, 0.5) is 11.6 Å². The molecule has 7 heteroatoms. The summed E-state index contributed by atoms with van der Waals surface area (Å²) in [6.07, 6.45) is 6.93. The number of hydrogen-bond acceptors (Lipinski definition) is 6. The van der Waals surface area contributed by atoms with Gasteiger partial charge in [0.15, 0.2) is 0 Å². The van der Waals surface area contributed by atoms with Gasteiger partial charge in [0.25, 0.3) is 0 Å². The molecule has 1 amide bonds. The van der Waals surface area contributed by atoms with Crippen LogP contribution in [0.25, 0.3) is 0 Å². The first-order valence-corrected chi connectivity index (χ1v) is 7.76. The van der Waals surface area contributed by atoms with E-state index in [1.54, 1.807) is 25.5 Å². The number of aryl methyl sites for hydroxylation is 1. The summed E-state index contributed by atoms with van der Waals surface area (Å²) in [6, 6.07) is 1.94. The first kappa shape index (κ1) is 15.3. The van der Waals surface area contributed by atoms with Crippen LogP contribution in [0, 0.1) is 6.92 Å². The number of carbonyl (C=O) groups excluding carboxylic acids is 1. The highest BCUT2D eigenvalue weighted by molar-refractivity contribution is 5.73. The van der Waals surface area contributed by atoms with E-state index in [1.165, 1.54) is 0 Å². The number of aromatic nitrogens is 4. The molecule has 0 spiro atoms. The molecular weight excluding hydrogens is 292 g/mol. The van der Waals surface area contributed by atoms with Crippen molar-refractivity contribution >= 4 is 17.5 Å². The molecule has 0 aromatic carbocycles. The molecule has 1 aliphatic heterocycles. The first-order chi connectivity index (χ1) is 11.1. The van der Waals surface area contributed by atoms with Crippen LogP contribution >= 0.6 is 0 Å². The quantitative estimate of drug-likeness (QED) is 0.933. The number of carbonyl (C=O) groups is 1. The Kier molecular flexibility index (Phi) is 4.45. The molecule has 1 aliphatic rings. The van der Waals surface area contributed by atoms with Gasteiger partial charge in [0.2, 0.25) is 5.91 Å². The van der Waals surface area contributed by atoms with Crippen LogP contribution in [0.15, 0.2) is 24.7 Å². The molecule has 7 nitrogen and oxygen atoms in total. The van der Waals surface area contributed by atoms with Crippen molar-refractivity contribution in [3.8, 4) is 0 Å². The van der Waals surface area contributed by atoms with E-state index < -0.39 is 0 Å². The van der Waals surface area contributed by atoms with Gasteiger partial charge in [-0.1, -0.05) is 0 Å². The van der Waals surface area contributed by atoms with Gasteiger partial charge in [-0.25, -0.2) is 15.0 Å². The third kappa shape index (κ3) is 3.80. The second kappa shape index (κ2) is 6.68. The van der Waals surface area contributed by atoms with Crippen LogP contribution in [0.2, 0.25) is 0 Å². The molecule has 0 bridgehead atoms. The Labute approximate surface area is 135 Å². The highest BCUT2D eigenvalue weighted by atomic mass is 16.2. The summed E-state index contributed by atoms with van der Waals surface area (Å²) in [5, 5.41) is 3.15. The summed E-state index contributed by atoms with van der Waals surface area (Å²) >= 11 is 0. The van der Waals surface area contributed by atoms with Crippen LogP contribution in [0.5, 0.6) is 0 Å². The van der Waals surface area contributed by atoms with Crippen LogP contribution in [0.3, 0.4) is 0 Å². The average molecular weight is 312 g/mol. The Morgan fingerprint density at radius 1 is 1.30 bits per heavy atom. The van der Waals surface area contributed by atoms with Crippen LogP contribution in [-0.4, -0.2) is 43.8 Å². The lowest BCUT2D eigenvalue weighted by Crippen LogP contribution is -2.37. The van der Waals surface area contributed by atoms with Gasteiger partial charge in [0.05, 0.1) is 11.9 Å². The fraction of sp³-hybridized carbons (Fsp3) is 0.438. The highest BCUT2D eigenvalue weighted by Gasteiger charge is 2.24. The van der Waals surface area contributed by atoms with Crippen molar-refractivity contribution in [1.29, 1.82) is 0 Å². The molecule has 1 atom stereocenters. The summed E-state index contributed by atoms with van der Waals surface area (Å²) in [6.45, 7) is 5.04. The number of nitrogens with zero attached hydrogens (tertiary/aromatic N) is 5. The molecule has 0 saturated carbocycles. The molecule has 1 saturated heterocycles. The van der Waals surface area contributed by atoms with Crippen LogP contribution < -0.4 is 5.32 Å². The predicted molar refractivity (Wildman–Crippen MR) is 86.3 cm³/mol. The summed E-state index contributed by atoms with van der Waals surface area (Å²) in [5.41, 5.74) is 0.967. The first-order valence-electron chi connectivity index (χ1n) is 7.76. The van der Waals surface area contributed by atoms with E-state index in [1.807, 2.05) is 17.9 Å². The summed E-state index contributed by atoms with van der Waals surface area (Å²) in [7, 11) is 0.